The van der Waals surface area contributed by atoms with Gasteiger partial charge in [-0.05, 0) is 18.6 Å². The third-order valence-electron chi connectivity index (χ3n) is 4.16. The van der Waals surface area contributed by atoms with E-state index in [-0.39, 0.29) is 5.91 Å². The first-order valence-electron chi connectivity index (χ1n) is 8.27. The Kier molecular flexibility index (Phi) is 5.23. The van der Waals surface area contributed by atoms with Crippen LogP contribution in [-0.4, -0.2) is 58.3 Å². The molecule has 0 radical (unpaired) electrons. The lowest BCUT2D eigenvalue weighted by molar-refractivity contribution is -0.119. The van der Waals surface area contributed by atoms with E-state index >= 15 is 0 Å². The summed E-state index contributed by atoms with van der Waals surface area (Å²) in [7, 11) is 0. The minimum Gasteiger partial charge on any atom is -0.350 e. The monoisotopic (exact) mass is 339 g/mol. The molecule has 25 heavy (non-hydrogen) atoms. The zero-order valence-electron chi connectivity index (χ0n) is 14.2. The molecule has 130 valence electrons. The van der Waals surface area contributed by atoms with E-state index < -0.39 is 0 Å². The van der Waals surface area contributed by atoms with Crippen molar-refractivity contribution in [1.29, 1.82) is 0 Å². The van der Waals surface area contributed by atoms with Gasteiger partial charge in [0.05, 0.1) is 0 Å². The molecule has 0 bridgehead atoms. The van der Waals surface area contributed by atoms with E-state index in [1.54, 1.807) is 22.1 Å². The van der Waals surface area contributed by atoms with Gasteiger partial charge in [-0.1, -0.05) is 29.8 Å². The lowest BCUT2D eigenvalue weighted by Crippen LogP contribution is -2.48. The summed E-state index contributed by atoms with van der Waals surface area (Å²) in [4.78, 5) is 35.2. The molecule has 0 unspecified atom stereocenters. The Morgan fingerprint density at radius 1 is 1.24 bits per heavy atom. The second-order valence-corrected chi connectivity index (χ2v) is 6.04. The van der Waals surface area contributed by atoms with E-state index in [2.05, 4.69) is 21.4 Å². The number of carbonyl (C=O) groups excluding carboxylic acids is 2. The highest BCUT2D eigenvalue weighted by atomic mass is 16.2. The quantitative estimate of drug-likeness (QED) is 0.831. The average Bonchev–Trinajstić information content (AvgIpc) is 2.66. The number of piperazine rings is 1. The number of carbonyl (C=O) groups is 2. The molecule has 0 aliphatic carbocycles. The third kappa shape index (κ3) is 4.32. The minimum atomic E-state index is -0.133. The summed E-state index contributed by atoms with van der Waals surface area (Å²) >= 11 is 0. The van der Waals surface area contributed by atoms with Gasteiger partial charge in [0.2, 0.25) is 12.4 Å². The van der Waals surface area contributed by atoms with Gasteiger partial charge in [-0.25, -0.2) is 9.97 Å². The molecule has 1 N–H and O–H groups in total. The largest absolute Gasteiger partial charge is 0.350 e. The molecule has 1 aromatic carbocycles. The van der Waals surface area contributed by atoms with Gasteiger partial charge in [0.25, 0.3) is 5.91 Å². The normalized spacial score (nSPS) is 14.3. The summed E-state index contributed by atoms with van der Waals surface area (Å²) in [6.45, 7) is 4.79. The molecule has 0 atom stereocenters. The van der Waals surface area contributed by atoms with Crippen molar-refractivity contribution in [3.63, 3.8) is 0 Å². The van der Waals surface area contributed by atoms with Crippen molar-refractivity contribution < 1.29 is 9.59 Å². The molecule has 2 heterocycles. The zero-order chi connectivity index (χ0) is 17.6. The van der Waals surface area contributed by atoms with E-state index in [0.29, 0.717) is 44.4 Å². The third-order valence-corrected chi connectivity index (χ3v) is 4.16. The van der Waals surface area contributed by atoms with E-state index in [1.807, 2.05) is 25.1 Å². The summed E-state index contributed by atoms with van der Waals surface area (Å²) in [5, 5.41) is 3.16. The molecule has 7 nitrogen and oxygen atoms in total. The first-order valence-corrected chi connectivity index (χ1v) is 8.27. The van der Waals surface area contributed by atoms with Crippen LogP contribution in [0.1, 0.15) is 21.6 Å². The van der Waals surface area contributed by atoms with Crippen LogP contribution in [0.3, 0.4) is 0 Å². The molecule has 0 saturated carbocycles. The minimum absolute atomic E-state index is 0.133. The van der Waals surface area contributed by atoms with Crippen LogP contribution in [0.25, 0.3) is 0 Å². The van der Waals surface area contributed by atoms with Crippen molar-refractivity contribution in [3.05, 3.63) is 53.3 Å². The van der Waals surface area contributed by atoms with E-state index in [4.69, 9.17) is 0 Å². The van der Waals surface area contributed by atoms with Gasteiger partial charge in [0, 0.05) is 38.9 Å². The van der Waals surface area contributed by atoms with E-state index in [9.17, 15) is 9.59 Å². The fourth-order valence-corrected chi connectivity index (χ4v) is 2.76. The fourth-order valence-electron chi connectivity index (χ4n) is 2.76. The topological polar surface area (TPSA) is 78.4 Å². The maximum Gasteiger partial charge on any atom is 0.272 e. The lowest BCUT2D eigenvalue weighted by atomic mass is 10.1. The Labute approximate surface area is 146 Å². The molecular formula is C18H21N5O2. The summed E-state index contributed by atoms with van der Waals surface area (Å²) in [6, 6.07) is 9.79. The molecule has 1 fully saturated rings. The predicted octanol–water partition coefficient (Wildman–Crippen LogP) is 1.31. The van der Waals surface area contributed by atoms with Crippen molar-refractivity contribution in [1.82, 2.24) is 19.8 Å². The highest BCUT2D eigenvalue weighted by molar-refractivity contribution is 5.92. The Bertz CT molecular complexity index is 757. The van der Waals surface area contributed by atoms with E-state index in [0.717, 1.165) is 12.0 Å². The number of hydrogen-bond donors (Lipinski definition) is 1. The number of nitrogens with one attached hydrogen (secondary N) is 1. The molecule has 1 aliphatic rings. The highest BCUT2D eigenvalue weighted by Gasteiger charge is 2.22. The smallest absolute Gasteiger partial charge is 0.272 e. The van der Waals surface area contributed by atoms with Crippen LogP contribution >= 0.6 is 0 Å². The first-order chi connectivity index (χ1) is 12.2. The van der Waals surface area contributed by atoms with Gasteiger partial charge in [0.1, 0.15) is 5.69 Å². The highest BCUT2D eigenvalue weighted by Crippen LogP contribution is 2.10. The second-order valence-electron chi connectivity index (χ2n) is 6.04. The number of nitrogens with zero attached hydrogens (tertiary/aromatic N) is 4. The standard InChI is InChI=1S/C18H21N5O2/c1-14-3-2-4-15(11-14)12-20-18-19-6-5-16(21-18)17(25)23-9-7-22(13-24)8-10-23/h2-6,11,13H,7-10,12H2,1H3,(H,19,20,21). The molecule has 0 spiro atoms. The first kappa shape index (κ1) is 16.9. The number of anilines is 1. The molecule has 1 aliphatic heterocycles. The Morgan fingerprint density at radius 3 is 2.76 bits per heavy atom. The van der Waals surface area contributed by atoms with Crippen LogP contribution < -0.4 is 5.32 Å². The number of rotatable bonds is 5. The Balaban J connectivity index is 1.63. The van der Waals surface area contributed by atoms with Crippen LogP contribution in [0.5, 0.6) is 0 Å². The van der Waals surface area contributed by atoms with Crippen molar-refractivity contribution >= 4 is 18.3 Å². The van der Waals surface area contributed by atoms with E-state index in [1.165, 1.54) is 5.56 Å². The van der Waals surface area contributed by atoms with Gasteiger partial charge in [-0.3, -0.25) is 9.59 Å². The molecule has 1 aromatic heterocycles. The maximum atomic E-state index is 12.6. The molecular weight excluding hydrogens is 318 g/mol. The van der Waals surface area contributed by atoms with Gasteiger partial charge in [-0.15, -0.1) is 0 Å². The van der Waals surface area contributed by atoms with Crippen LogP contribution in [0.2, 0.25) is 0 Å². The SMILES string of the molecule is Cc1cccc(CNc2nccc(C(=O)N3CCN(C=O)CC3)n2)c1. The summed E-state index contributed by atoms with van der Waals surface area (Å²) < 4.78 is 0. The molecule has 7 heteroatoms. The van der Waals surface area contributed by atoms with Crippen LogP contribution in [-0.2, 0) is 11.3 Å². The van der Waals surface area contributed by atoms with Crippen LogP contribution in [0, 0.1) is 6.92 Å². The molecule has 1 saturated heterocycles. The molecule has 3 rings (SSSR count). The number of hydrogen-bond acceptors (Lipinski definition) is 5. The van der Waals surface area contributed by atoms with Crippen LogP contribution in [0.15, 0.2) is 36.5 Å². The van der Waals surface area contributed by atoms with Gasteiger partial charge in [-0.2, -0.15) is 0 Å². The molecule has 2 aromatic rings. The predicted molar refractivity (Wildman–Crippen MR) is 94.1 cm³/mol. The molecule has 2 amide bonds. The maximum absolute atomic E-state index is 12.6. The van der Waals surface area contributed by atoms with Crippen molar-refractivity contribution in [2.75, 3.05) is 31.5 Å². The van der Waals surface area contributed by atoms with Crippen molar-refractivity contribution in [2.24, 2.45) is 0 Å². The second kappa shape index (κ2) is 7.74. The van der Waals surface area contributed by atoms with Crippen molar-refractivity contribution in [2.45, 2.75) is 13.5 Å². The lowest BCUT2D eigenvalue weighted by Gasteiger charge is -2.32. The number of amides is 2. The van der Waals surface area contributed by atoms with Crippen molar-refractivity contribution in [3.8, 4) is 0 Å². The van der Waals surface area contributed by atoms with Gasteiger partial charge < -0.3 is 15.1 Å². The summed E-state index contributed by atoms with van der Waals surface area (Å²) in [5.74, 6) is 0.297. The number of aromatic nitrogens is 2. The Hall–Kier alpha value is -2.96. The Morgan fingerprint density at radius 2 is 2.04 bits per heavy atom. The summed E-state index contributed by atoms with van der Waals surface area (Å²) in [6.07, 6.45) is 2.40. The average molecular weight is 339 g/mol. The number of aryl methyl sites for hydroxylation is 1. The summed E-state index contributed by atoms with van der Waals surface area (Å²) in [5.41, 5.74) is 2.69. The number of benzene rings is 1. The van der Waals surface area contributed by atoms with Gasteiger partial charge in [0.15, 0.2) is 0 Å². The van der Waals surface area contributed by atoms with Crippen LogP contribution in [0.4, 0.5) is 5.95 Å². The zero-order valence-corrected chi connectivity index (χ0v) is 14.2. The fraction of sp³-hybridized carbons (Fsp3) is 0.333. The van der Waals surface area contributed by atoms with Gasteiger partial charge >= 0.3 is 0 Å².